The molecule has 0 bridgehead atoms. The highest BCUT2D eigenvalue weighted by molar-refractivity contribution is 5.83. The minimum Gasteiger partial charge on any atom is -0.468 e. The van der Waals surface area contributed by atoms with Crippen LogP contribution in [0.5, 0.6) is 17.9 Å². The lowest BCUT2D eigenvalue weighted by Gasteiger charge is -2.11. The maximum absolute atomic E-state index is 11.6. The summed E-state index contributed by atoms with van der Waals surface area (Å²) >= 11 is 0. The Hall–Kier alpha value is -3.63. The molecule has 0 aliphatic rings. The lowest BCUT2D eigenvalue weighted by Crippen LogP contribution is -2.27. The number of rotatable bonds is 10. The number of nitrogens with zero attached hydrogens (tertiary/aromatic N) is 6. The topological polar surface area (TPSA) is 131 Å². The Kier molecular flexibility index (Phi) is 7.06. The van der Waals surface area contributed by atoms with Gasteiger partial charge in [-0.05, 0) is 12.0 Å². The van der Waals surface area contributed by atoms with Crippen LogP contribution in [0.15, 0.2) is 18.3 Å². The fourth-order valence-corrected chi connectivity index (χ4v) is 2.69. The average Bonchev–Trinajstić information content (AvgIpc) is 3.11. The fraction of sp³-hybridized carbons (Fsp3) is 0.450. The Morgan fingerprint density at radius 2 is 2.00 bits per heavy atom. The van der Waals surface area contributed by atoms with E-state index in [-0.39, 0.29) is 24.3 Å². The number of pyridine rings is 1. The first-order chi connectivity index (χ1) is 14.9. The molecule has 0 aromatic carbocycles. The van der Waals surface area contributed by atoms with Crippen LogP contribution in [0.4, 0.5) is 5.82 Å². The largest absolute Gasteiger partial charge is 0.468 e. The SMILES string of the molecule is CCCCOc1nc(N)c2nc(OC)n(Cc3ccc(OCC(=O)N(C)C)nc3)c2n1. The van der Waals surface area contributed by atoms with Crippen LogP contribution >= 0.6 is 0 Å². The lowest BCUT2D eigenvalue weighted by atomic mass is 10.3. The third-order valence-corrected chi connectivity index (χ3v) is 4.46. The van der Waals surface area contributed by atoms with E-state index >= 15 is 0 Å². The molecule has 31 heavy (non-hydrogen) atoms. The van der Waals surface area contributed by atoms with Crippen LogP contribution in [0.3, 0.4) is 0 Å². The standard InChI is InChI=1S/C20H27N7O4/c1-5-6-9-30-19-24-17(21)16-18(25-19)27(20(23-16)29-4)11-13-7-8-14(22-10-13)31-12-15(28)26(2)3/h7-8,10H,5-6,9,11-12H2,1-4H3,(H2,21,24,25). The normalized spacial score (nSPS) is 10.8. The predicted octanol–water partition coefficient (Wildman–Crippen LogP) is 1.51. The summed E-state index contributed by atoms with van der Waals surface area (Å²) < 4.78 is 18.2. The monoisotopic (exact) mass is 429 g/mol. The fourth-order valence-electron chi connectivity index (χ4n) is 2.69. The number of imidazole rings is 1. The van der Waals surface area contributed by atoms with Gasteiger partial charge in [-0.1, -0.05) is 19.4 Å². The number of anilines is 1. The summed E-state index contributed by atoms with van der Waals surface area (Å²) in [6.45, 7) is 2.89. The van der Waals surface area contributed by atoms with Crippen molar-refractivity contribution in [2.45, 2.75) is 26.3 Å². The molecular weight excluding hydrogens is 402 g/mol. The van der Waals surface area contributed by atoms with Gasteiger partial charge in [0.05, 0.1) is 20.3 Å². The molecule has 11 nitrogen and oxygen atoms in total. The van der Waals surface area contributed by atoms with Crippen molar-refractivity contribution in [1.82, 2.24) is 29.4 Å². The molecule has 0 atom stereocenters. The highest BCUT2D eigenvalue weighted by Crippen LogP contribution is 2.26. The summed E-state index contributed by atoms with van der Waals surface area (Å²) in [5.74, 6) is 0.440. The molecule has 0 aliphatic carbocycles. The van der Waals surface area contributed by atoms with Crippen molar-refractivity contribution in [3.05, 3.63) is 23.9 Å². The highest BCUT2D eigenvalue weighted by atomic mass is 16.5. The second-order valence-corrected chi connectivity index (χ2v) is 7.03. The van der Waals surface area contributed by atoms with E-state index in [0.717, 1.165) is 18.4 Å². The quantitative estimate of drug-likeness (QED) is 0.476. The summed E-state index contributed by atoms with van der Waals surface area (Å²) in [7, 11) is 4.86. The van der Waals surface area contributed by atoms with Crippen LogP contribution in [0.25, 0.3) is 11.2 Å². The average molecular weight is 429 g/mol. The van der Waals surface area contributed by atoms with Crippen LogP contribution in [0, 0.1) is 0 Å². The summed E-state index contributed by atoms with van der Waals surface area (Å²) in [6.07, 6.45) is 3.55. The Labute approximate surface area is 180 Å². The van der Waals surface area contributed by atoms with Crippen molar-refractivity contribution in [1.29, 1.82) is 0 Å². The first kappa shape index (κ1) is 22.1. The number of likely N-dealkylation sites (N-methyl/N-ethyl adjacent to an activating group) is 1. The number of ether oxygens (including phenoxy) is 3. The van der Waals surface area contributed by atoms with Crippen molar-refractivity contribution in [3.8, 4) is 17.9 Å². The Morgan fingerprint density at radius 1 is 1.19 bits per heavy atom. The molecule has 11 heteroatoms. The number of carbonyl (C=O) groups is 1. The van der Waals surface area contributed by atoms with Gasteiger partial charge in [-0.15, -0.1) is 0 Å². The van der Waals surface area contributed by atoms with Crippen LogP contribution in [0.2, 0.25) is 0 Å². The second kappa shape index (κ2) is 9.92. The van der Waals surface area contributed by atoms with Gasteiger partial charge in [-0.2, -0.15) is 15.0 Å². The van der Waals surface area contributed by atoms with Gasteiger partial charge in [0.1, 0.15) is 0 Å². The van der Waals surface area contributed by atoms with Crippen molar-refractivity contribution in [3.63, 3.8) is 0 Å². The van der Waals surface area contributed by atoms with E-state index in [4.69, 9.17) is 19.9 Å². The molecule has 0 radical (unpaired) electrons. The first-order valence-electron chi connectivity index (χ1n) is 9.91. The molecule has 0 saturated heterocycles. The van der Waals surface area contributed by atoms with E-state index in [1.807, 2.05) is 6.07 Å². The molecule has 166 valence electrons. The summed E-state index contributed by atoms with van der Waals surface area (Å²) in [5, 5.41) is 0. The van der Waals surface area contributed by atoms with Crippen LogP contribution < -0.4 is 19.9 Å². The number of unbranched alkanes of at least 4 members (excludes halogenated alkanes) is 1. The second-order valence-electron chi connectivity index (χ2n) is 7.03. The van der Waals surface area contributed by atoms with Gasteiger partial charge in [-0.3, -0.25) is 9.36 Å². The number of aromatic nitrogens is 5. The van der Waals surface area contributed by atoms with E-state index in [0.29, 0.717) is 36.2 Å². The molecule has 1 amide bonds. The van der Waals surface area contributed by atoms with Gasteiger partial charge in [0, 0.05) is 26.4 Å². The van der Waals surface area contributed by atoms with Crippen LogP contribution in [0.1, 0.15) is 25.3 Å². The Balaban J connectivity index is 1.82. The summed E-state index contributed by atoms with van der Waals surface area (Å²) in [5.41, 5.74) is 7.87. The maximum atomic E-state index is 11.6. The molecular formula is C20H27N7O4. The van der Waals surface area contributed by atoms with Crippen LogP contribution in [-0.2, 0) is 11.3 Å². The van der Waals surface area contributed by atoms with Crippen molar-refractivity contribution >= 4 is 22.9 Å². The zero-order chi connectivity index (χ0) is 22.4. The van der Waals surface area contributed by atoms with Crippen LogP contribution in [-0.4, -0.2) is 69.7 Å². The van der Waals surface area contributed by atoms with E-state index in [1.54, 1.807) is 30.9 Å². The highest BCUT2D eigenvalue weighted by Gasteiger charge is 2.18. The van der Waals surface area contributed by atoms with Gasteiger partial charge in [0.15, 0.2) is 23.6 Å². The molecule has 3 aromatic heterocycles. The van der Waals surface area contributed by atoms with E-state index in [2.05, 4.69) is 26.9 Å². The lowest BCUT2D eigenvalue weighted by molar-refractivity contribution is -0.130. The van der Waals surface area contributed by atoms with Gasteiger partial charge in [0.25, 0.3) is 11.9 Å². The number of fused-ring (bicyclic) bond motifs is 1. The summed E-state index contributed by atoms with van der Waals surface area (Å²) in [6, 6.07) is 4.09. The Morgan fingerprint density at radius 3 is 2.65 bits per heavy atom. The number of nitrogens with two attached hydrogens (primary N) is 1. The van der Waals surface area contributed by atoms with Gasteiger partial charge >= 0.3 is 6.01 Å². The molecule has 0 fully saturated rings. The first-order valence-corrected chi connectivity index (χ1v) is 9.91. The molecule has 3 rings (SSSR count). The number of nitrogen functional groups attached to an aromatic ring is 1. The summed E-state index contributed by atoms with van der Waals surface area (Å²) in [4.78, 5) is 30.4. The maximum Gasteiger partial charge on any atom is 0.320 e. The van der Waals surface area contributed by atoms with Crippen molar-refractivity contribution in [2.75, 3.05) is 40.2 Å². The third kappa shape index (κ3) is 5.30. The number of carbonyl (C=O) groups excluding carboxylic acids is 1. The number of hydrogen-bond acceptors (Lipinski definition) is 9. The van der Waals surface area contributed by atoms with E-state index in [1.165, 1.54) is 12.0 Å². The molecule has 0 spiro atoms. The minimum atomic E-state index is -0.144. The number of hydrogen-bond donors (Lipinski definition) is 1. The molecule has 3 heterocycles. The molecule has 0 unspecified atom stereocenters. The smallest absolute Gasteiger partial charge is 0.320 e. The predicted molar refractivity (Wildman–Crippen MR) is 114 cm³/mol. The van der Waals surface area contributed by atoms with E-state index < -0.39 is 0 Å². The van der Waals surface area contributed by atoms with Crippen molar-refractivity contribution < 1.29 is 19.0 Å². The van der Waals surface area contributed by atoms with Gasteiger partial charge in [-0.25, -0.2) is 4.98 Å². The zero-order valence-electron chi connectivity index (χ0n) is 18.2. The third-order valence-electron chi connectivity index (χ3n) is 4.46. The number of methoxy groups -OCH3 is 1. The van der Waals surface area contributed by atoms with Gasteiger partial charge < -0.3 is 24.8 Å². The zero-order valence-corrected chi connectivity index (χ0v) is 18.2. The number of amides is 1. The minimum absolute atomic E-state index is 0.0731. The molecule has 2 N–H and O–H groups in total. The molecule has 0 aliphatic heterocycles. The van der Waals surface area contributed by atoms with E-state index in [9.17, 15) is 4.79 Å². The molecule has 0 saturated carbocycles. The Bertz CT molecular complexity index is 1030. The van der Waals surface area contributed by atoms with Gasteiger partial charge in [0.2, 0.25) is 5.88 Å². The van der Waals surface area contributed by atoms with Crippen molar-refractivity contribution in [2.24, 2.45) is 0 Å². The molecule has 3 aromatic rings.